The maximum atomic E-state index is 14.3. The minimum absolute atomic E-state index is 0.0142. The Kier molecular flexibility index (Phi) is 10.9. The van der Waals surface area contributed by atoms with Crippen LogP contribution in [-0.4, -0.2) is 125 Å². The predicted molar refractivity (Wildman–Crippen MR) is 166 cm³/mol. The number of aromatic nitrogens is 1. The lowest BCUT2D eigenvalue weighted by molar-refractivity contribution is -0.140. The van der Waals surface area contributed by atoms with Gasteiger partial charge in [0, 0.05) is 56.6 Å². The summed E-state index contributed by atoms with van der Waals surface area (Å²) in [5.41, 5.74) is -0.0301. The first-order valence-corrected chi connectivity index (χ1v) is 16.1. The summed E-state index contributed by atoms with van der Waals surface area (Å²) >= 11 is 0. The van der Waals surface area contributed by atoms with Gasteiger partial charge in [0.15, 0.2) is 6.61 Å². The van der Waals surface area contributed by atoms with Crippen LogP contribution in [0.1, 0.15) is 55.9 Å². The Bertz CT molecular complexity index is 1580. The molecule has 0 spiro atoms. The van der Waals surface area contributed by atoms with E-state index in [2.05, 4.69) is 15.6 Å². The molecular weight excluding hydrogens is 631 g/mol. The number of pyridine rings is 1. The van der Waals surface area contributed by atoms with Crippen molar-refractivity contribution in [2.45, 2.75) is 63.6 Å². The number of aliphatic carboxylic acids is 1. The van der Waals surface area contributed by atoms with E-state index in [-0.39, 0.29) is 73.5 Å². The Morgan fingerprint density at radius 2 is 1.75 bits per heavy atom. The number of carboxylic acid groups (broad SMARTS) is 1. The maximum Gasteiger partial charge on any atom is 0.409 e. The quantitative estimate of drug-likeness (QED) is 0.297. The minimum atomic E-state index is -1.23. The molecule has 2 aliphatic heterocycles. The van der Waals surface area contributed by atoms with E-state index in [4.69, 9.17) is 9.47 Å². The van der Waals surface area contributed by atoms with E-state index in [0.29, 0.717) is 19.4 Å². The van der Waals surface area contributed by atoms with Crippen LogP contribution in [0.5, 0.6) is 5.75 Å². The normalized spacial score (nSPS) is 18.3. The van der Waals surface area contributed by atoms with E-state index < -0.39 is 60.7 Å². The molecule has 0 radical (unpaired) electrons. The van der Waals surface area contributed by atoms with Crippen LogP contribution in [0, 0.1) is 5.82 Å². The number of nitrogens with zero attached hydrogens (tertiary/aromatic N) is 4. The molecule has 5 amide bonds. The summed E-state index contributed by atoms with van der Waals surface area (Å²) in [5.74, 6) is -3.77. The molecule has 3 N–H and O–H groups in total. The molecule has 258 valence electrons. The highest BCUT2D eigenvalue weighted by atomic mass is 19.1. The van der Waals surface area contributed by atoms with Crippen molar-refractivity contribution in [3.63, 3.8) is 0 Å². The van der Waals surface area contributed by atoms with Crippen LogP contribution in [-0.2, 0) is 23.9 Å². The van der Waals surface area contributed by atoms with Gasteiger partial charge in [-0.15, -0.1) is 0 Å². The first-order chi connectivity index (χ1) is 23.0. The molecule has 48 heavy (non-hydrogen) atoms. The highest BCUT2D eigenvalue weighted by Gasteiger charge is 2.37. The fraction of sp³-hybridized carbons (Fsp3) is 0.531. The van der Waals surface area contributed by atoms with Gasteiger partial charge in [-0.2, -0.15) is 0 Å². The van der Waals surface area contributed by atoms with E-state index in [1.165, 1.54) is 26.8 Å². The summed E-state index contributed by atoms with van der Waals surface area (Å²) in [6.45, 7) is 2.51. The third kappa shape index (κ3) is 8.46. The monoisotopic (exact) mass is 670 g/mol. The Morgan fingerprint density at radius 1 is 1.02 bits per heavy atom. The lowest BCUT2D eigenvalue weighted by Crippen LogP contribution is -2.56. The second-order valence-electron chi connectivity index (χ2n) is 12.0. The molecule has 15 nitrogen and oxygen atoms in total. The van der Waals surface area contributed by atoms with Crippen LogP contribution >= 0.6 is 0 Å². The molecule has 1 aromatic carbocycles. The van der Waals surface area contributed by atoms with Gasteiger partial charge in [-0.3, -0.25) is 24.0 Å². The van der Waals surface area contributed by atoms with Crippen molar-refractivity contribution in [3.8, 4) is 5.75 Å². The smallest absolute Gasteiger partial charge is 0.409 e. The topological polar surface area (TPSA) is 188 Å². The summed E-state index contributed by atoms with van der Waals surface area (Å²) in [7, 11) is 0. The number of piperazine rings is 1. The van der Waals surface area contributed by atoms with E-state index in [0.717, 1.165) is 25.0 Å². The molecule has 1 aromatic heterocycles. The fourth-order valence-electron chi connectivity index (χ4n) is 5.79. The number of nitrogens with one attached hydrogen (secondary N) is 2. The number of halogens is 1. The number of hydrogen-bond donors (Lipinski definition) is 3. The van der Waals surface area contributed by atoms with Crippen LogP contribution in [0.15, 0.2) is 24.3 Å². The summed E-state index contributed by atoms with van der Waals surface area (Å²) in [6.07, 6.45) is 1.91. The molecule has 1 aliphatic carbocycles. The molecule has 2 aromatic rings. The average molecular weight is 671 g/mol. The molecule has 3 aliphatic rings. The van der Waals surface area contributed by atoms with E-state index in [1.807, 2.05) is 0 Å². The predicted octanol–water partition coefficient (Wildman–Crippen LogP) is 1.29. The molecule has 16 heteroatoms. The lowest BCUT2D eigenvalue weighted by atomic mass is 10.1. The number of carbonyl (C=O) groups is 6. The Labute approximate surface area is 275 Å². The molecule has 5 rings (SSSR count). The third-order valence-electron chi connectivity index (χ3n) is 8.48. The summed E-state index contributed by atoms with van der Waals surface area (Å²) in [4.78, 5) is 84.9. The van der Waals surface area contributed by atoms with Gasteiger partial charge in [0.25, 0.3) is 11.8 Å². The first kappa shape index (κ1) is 34.3. The summed E-state index contributed by atoms with van der Waals surface area (Å²) < 4.78 is 25.1. The van der Waals surface area contributed by atoms with Gasteiger partial charge in [0.1, 0.15) is 29.3 Å². The molecule has 3 heterocycles. The Hall–Kier alpha value is -5.02. The number of carboxylic acids is 1. The second kappa shape index (κ2) is 15.3. The van der Waals surface area contributed by atoms with Gasteiger partial charge in [-0.05, 0) is 57.2 Å². The number of ether oxygens (including phenoxy) is 2. The molecule has 2 atom stereocenters. The molecule has 2 saturated heterocycles. The van der Waals surface area contributed by atoms with Crippen molar-refractivity contribution in [2.75, 3.05) is 45.9 Å². The van der Waals surface area contributed by atoms with Crippen molar-refractivity contribution in [2.24, 2.45) is 0 Å². The van der Waals surface area contributed by atoms with Crippen molar-refractivity contribution in [3.05, 3.63) is 35.8 Å². The molecular formula is C32H39FN6O9. The number of hydrogen-bond acceptors (Lipinski definition) is 9. The average Bonchev–Trinajstić information content (AvgIpc) is 3.75. The number of fused-ring (bicyclic) bond motifs is 1. The highest BCUT2D eigenvalue weighted by Crippen LogP contribution is 2.28. The van der Waals surface area contributed by atoms with Gasteiger partial charge in [-0.1, -0.05) is 0 Å². The van der Waals surface area contributed by atoms with Gasteiger partial charge < -0.3 is 39.9 Å². The molecule has 0 unspecified atom stereocenters. The van der Waals surface area contributed by atoms with Crippen LogP contribution in [0.3, 0.4) is 0 Å². The third-order valence-corrected chi connectivity index (χ3v) is 8.48. The van der Waals surface area contributed by atoms with Crippen LogP contribution < -0.4 is 15.4 Å². The van der Waals surface area contributed by atoms with E-state index in [1.54, 1.807) is 6.92 Å². The zero-order valence-electron chi connectivity index (χ0n) is 26.6. The van der Waals surface area contributed by atoms with Crippen molar-refractivity contribution >= 4 is 46.6 Å². The number of carbonyl (C=O) groups excluding carboxylic acids is 5. The number of amides is 5. The Balaban J connectivity index is 1.30. The molecule has 1 saturated carbocycles. The Morgan fingerprint density at radius 3 is 2.44 bits per heavy atom. The van der Waals surface area contributed by atoms with E-state index >= 15 is 0 Å². The zero-order valence-corrected chi connectivity index (χ0v) is 26.6. The van der Waals surface area contributed by atoms with Crippen LogP contribution in [0.2, 0.25) is 0 Å². The molecule has 3 fully saturated rings. The van der Waals surface area contributed by atoms with Crippen molar-refractivity contribution in [1.82, 2.24) is 30.3 Å². The van der Waals surface area contributed by atoms with Crippen molar-refractivity contribution < 1.29 is 47.7 Å². The summed E-state index contributed by atoms with van der Waals surface area (Å²) in [6, 6.07) is 3.17. The SMILES string of the molecule is CCOC(=O)N1CCN(C(=O)[C@H](CCC(=O)O)NC(=O)c2cc(OCC(=O)N3CCC[C@H]3C(=O)NC3CC3)c3cc(F)ccc3n2)CC1. The lowest BCUT2D eigenvalue weighted by Gasteiger charge is -2.35. The van der Waals surface area contributed by atoms with Gasteiger partial charge in [0.05, 0.1) is 12.1 Å². The number of likely N-dealkylation sites (tertiary alicyclic amines) is 1. The first-order valence-electron chi connectivity index (χ1n) is 16.1. The van der Waals surface area contributed by atoms with Crippen LogP contribution in [0.25, 0.3) is 10.9 Å². The summed E-state index contributed by atoms with van der Waals surface area (Å²) in [5, 5.41) is 15.0. The van der Waals surface area contributed by atoms with Crippen molar-refractivity contribution in [1.29, 1.82) is 0 Å². The van der Waals surface area contributed by atoms with Gasteiger partial charge in [0.2, 0.25) is 11.8 Å². The van der Waals surface area contributed by atoms with Crippen LogP contribution in [0.4, 0.5) is 9.18 Å². The highest BCUT2D eigenvalue weighted by molar-refractivity contribution is 5.99. The zero-order chi connectivity index (χ0) is 34.4. The van der Waals surface area contributed by atoms with E-state index in [9.17, 15) is 38.3 Å². The second-order valence-corrected chi connectivity index (χ2v) is 12.0. The fourth-order valence-corrected chi connectivity index (χ4v) is 5.79. The van der Waals surface area contributed by atoms with Gasteiger partial charge >= 0.3 is 12.1 Å². The molecule has 0 bridgehead atoms. The standard InChI is InChI=1S/C32H39FN6O9/c1-2-47-32(46)38-14-12-37(13-15-38)31(45)23(9-10-28(41)42)36-29(43)24-17-26(21-16-19(33)5-8-22(21)35-24)48-18-27(40)39-11-3-4-25(39)30(44)34-20-6-7-20/h5,8,16-17,20,23,25H,2-4,6-7,9-15,18H2,1H3,(H,34,44)(H,36,43)(H,41,42)/t23-,25-/m0/s1. The number of rotatable bonds is 12. The maximum absolute atomic E-state index is 14.3. The number of benzene rings is 1. The minimum Gasteiger partial charge on any atom is -0.483 e. The largest absolute Gasteiger partial charge is 0.483 e. The van der Waals surface area contributed by atoms with Gasteiger partial charge in [-0.25, -0.2) is 14.2 Å².